The molecule has 0 bridgehead atoms. The molecule has 1 fully saturated rings. The number of halogens is 1. The first kappa shape index (κ1) is 50.3. The maximum atomic E-state index is 14.0. The van der Waals surface area contributed by atoms with E-state index in [1.54, 1.807) is 23.5 Å². The quantitative estimate of drug-likeness (QED) is 0.0507. The summed E-state index contributed by atoms with van der Waals surface area (Å²) >= 11 is 9.24. The van der Waals surface area contributed by atoms with Gasteiger partial charge >= 0.3 is 0 Å². The van der Waals surface area contributed by atoms with Gasteiger partial charge in [-0.05, 0) is 90.6 Å². The first-order chi connectivity index (χ1) is 32.6. The Balaban J connectivity index is 0.780. The summed E-state index contributed by atoms with van der Waals surface area (Å²) in [6.45, 7) is 10.7. The Morgan fingerprint density at radius 3 is 2.13 bits per heavy atom. The number of β-amino-alcohol motifs (C(OH)–C–C–N with tert-alkyl or cyclic N) is 1. The summed E-state index contributed by atoms with van der Waals surface area (Å²) in [5.41, 5.74) is 4.96. The normalized spacial score (nSPS) is 15.8. The van der Waals surface area contributed by atoms with Crippen LogP contribution in [0, 0.1) is 12.3 Å². The van der Waals surface area contributed by atoms with Crippen molar-refractivity contribution in [3.8, 4) is 43.9 Å². The highest BCUT2D eigenvalue weighted by atomic mass is 35.5. The van der Waals surface area contributed by atoms with Crippen molar-refractivity contribution in [1.29, 1.82) is 0 Å². The number of aryl methyl sites for hydroxylation is 1. The van der Waals surface area contributed by atoms with Gasteiger partial charge < -0.3 is 49.4 Å². The maximum Gasteiger partial charge on any atom is 0.246 e. The van der Waals surface area contributed by atoms with E-state index in [1.807, 2.05) is 119 Å². The molecule has 14 nitrogen and oxygen atoms in total. The molecule has 1 aliphatic rings. The molecule has 6 aromatic rings. The van der Waals surface area contributed by atoms with E-state index in [1.165, 1.54) is 16.2 Å². The highest BCUT2D eigenvalue weighted by Gasteiger charge is 2.44. The van der Waals surface area contributed by atoms with Gasteiger partial charge in [-0.2, -0.15) is 0 Å². The predicted octanol–water partition coefficient (Wildman–Crippen LogP) is 8.95. The topological polar surface area (TPSA) is 178 Å². The number of ether oxygens (including phenoxy) is 5. The second kappa shape index (κ2) is 23.1. The van der Waals surface area contributed by atoms with Crippen LogP contribution < -0.4 is 20.1 Å². The molecule has 3 heterocycles. The van der Waals surface area contributed by atoms with E-state index >= 15 is 0 Å². The first-order valence-corrected chi connectivity index (χ1v) is 24.5. The molecule has 0 saturated carbocycles. The molecule has 17 heteroatoms. The van der Waals surface area contributed by atoms with Gasteiger partial charge in [0.15, 0.2) is 5.75 Å². The van der Waals surface area contributed by atoms with E-state index in [4.69, 9.17) is 35.3 Å². The molecule has 0 spiro atoms. The van der Waals surface area contributed by atoms with Crippen LogP contribution in [0.2, 0.25) is 5.02 Å². The highest BCUT2D eigenvalue weighted by Crippen LogP contribution is 2.47. The monoisotopic (exact) mass is 984 g/mol. The molecule has 7 rings (SSSR count). The van der Waals surface area contributed by atoms with Gasteiger partial charge in [-0.15, -0.1) is 22.7 Å². The zero-order valence-corrected chi connectivity index (χ0v) is 41.0. The van der Waals surface area contributed by atoms with Crippen molar-refractivity contribution < 1.29 is 48.3 Å². The zero-order chi connectivity index (χ0) is 48.4. The van der Waals surface area contributed by atoms with E-state index in [0.717, 1.165) is 42.2 Å². The van der Waals surface area contributed by atoms with Crippen molar-refractivity contribution in [2.24, 2.45) is 5.41 Å². The third kappa shape index (κ3) is 13.1. The fourth-order valence-corrected chi connectivity index (χ4v) is 9.82. The van der Waals surface area contributed by atoms with Gasteiger partial charge in [0.1, 0.15) is 42.5 Å². The predicted molar refractivity (Wildman–Crippen MR) is 265 cm³/mol. The van der Waals surface area contributed by atoms with E-state index in [-0.39, 0.29) is 50.5 Å². The molecule has 4 atom stereocenters. The minimum Gasteiger partial charge on any atom is -0.508 e. The summed E-state index contributed by atoms with van der Waals surface area (Å²) < 4.78 is 29.9. The number of nitrogens with zero attached hydrogens (tertiary/aromatic N) is 2. The summed E-state index contributed by atoms with van der Waals surface area (Å²) in [5, 5.41) is 28.0. The van der Waals surface area contributed by atoms with Gasteiger partial charge in [-0.3, -0.25) is 14.4 Å². The molecule has 2 aromatic heterocycles. The number of aliphatic hydroxyl groups is 1. The number of carbonyl (C=O) groups excluding carboxylic acids is 3. The molecule has 68 heavy (non-hydrogen) atoms. The van der Waals surface area contributed by atoms with Crippen molar-refractivity contribution in [3.63, 3.8) is 0 Å². The maximum absolute atomic E-state index is 14.0. The second-order valence-electron chi connectivity index (χ2n) is 17.5. The van der Waals surface area contributed by atoms with E-state index in [2.05, 4.69) is 15.6 Å². The first-order valence-electron chi connectivity index (χ1n) is 22.4. The smallest absolute Gasteiger partial charge is 0.246 e. The van der Waals surface area contributed by atoms with Crippen LogP contribution in [0.1, 0.15) is 51.4 Å². The number of carbonyl (C=O) groups is 3. The summed E-state index contributed by atoms with van der Waals surface area (Å²) in [5.74, 6) is 0.846. The Labute approximate surface area is 409 Å². The SMILES string of the molecule is Cc1ncsc1-c1ccc([C@H](C)NC(=O)[C@@H]2C[C@@H](O)CN2C(=O)C(NC(=O)COCCOCCOCCOc2ccc(Oc3c(-c4ccc(Cl)cc4)sc4cc(O)ccc34)cc2)C(C)(C)C)cc1. The van der Waals surface area contributed by atoms with Crippen molar-refractivity contribution in [1.82, 2.24) is 20.5 Å². The fourth-order valence-electron chi connectivity index (χ4n) is 7.72. The van der Waals surface area contributed by atoms with Crippen LogP contribution in [0.25, 0.3) is 31.0 Å². The molecule has 1 unspecified atom stereocenters. The molecule has 0 aliphatic carbocycles. The number of likely N-dealkylation sites (tertiary alicyclic amines) is 1. The van der Waals surface area contributed by atoms with Gasteiger partial charge in [0.05, 0.1) is 66.1 Å². The lowest BCUT2D eigenvalue weighted by Crippen LogP contribution is -2.58. The number of aliphatic hydroxyl groups excluding tert-OH is 1. The number of rotatable bonds is 21. The molecule has 360 valence electrons. The van der Waals surface area contributed by atoms with Crippen molar-refractivity contribution in [2.45, 2.75) is 65.3 Å². The second-order valence-corrected chi connectivity index (χ2v) is 19.9. The Morgan fingerprint density at radius 1 is 0.838 bits per heavy atom. The Hall–Kier alpha value is -5.59. The molecule has 1 saturated heterocycles. The number of aromatic nitrogens is 1. The number of amides is 3. The average Bonchev–Trinajstić information content (AvgIpc) is 4.03. The Morgan fingerprint density at radius 2 is 1.47 bits per heavy atom. The van der Waals surface area contributed by atoms with Crippen LogP contribution in [0.3, 0.4) is 0 Å². The number of phenolic OH excluding ortho intramolecular Hbond substituents is 1. The number of benzene rings is 4. The van der Waals surface area contributed by atoms with Crippen LogP contribution >= 0.6 is 34.3 Å². The van der Waals surface area contributed by atoms with E-state index in [0.29, 0.717) is 48.7 Å². The molecule has 4 aromatic carbocycles. The van der Waals surface area contributed by atoms with Gasteiger partial charge in [0.2, 0.25) is 17.7 Å². The van der Waals surface area contributed by atoms with Crippen LogP contribution in [0.4, 0.5) is 0 Å². The number of fused-ring (bicyclic) bond motifs is 1. The van der Waals surface area contributed by atoms with Crippen LogP contribution in [-0.4, -0.2) is 109 Å². The fraction of sp³-hybridized carbons (Fsp3) is 0.373. The van der Waals surface area contributed by atoms with Gasteiger partial charge in [0, 0.05) is 28.1 Å². The molecule has 0 radical (unpaired) electrons. The lowest BCUT2D eigenvalue weighted by Gasteiger charge is -2.35. The van der Waals surface area contributed by atoms with E-state index < -0.39 is 35.4 Å². The van der Waals surface area contributed by atoms with Crippen molar-refractivity contribution in [2.75, 3.05) is 52.8 Å². The molecular formula is C51H57ClN4O10S2. The van der Waals surface area contributed by atoms with E-state index in [9.17, 15) is 24.6 Å². The van der Waals surface area contributed by atoms with Gasteiger partial charge in [0.25, 0.3) is 0 Å². The number of hydrogen-bond acceptors (Lipinski definition) is 13. The van der Waals surface area contributed by atoms with Crippen LogP contribution in [0.5, 0.6) is 23.0 Å². The average molecular weight is 986 g/mol. The summed E-state index contributed by atoms with van der Waals surface area (Å²) in [6, 6.07) is 25.8. The Kier molecular flexibility index (Phi) is 17.1. The summed E-state index contributed by atoms with van der Waals surface area (Å²) in [4.78, 5) is 48.4. The summed E-state index contributed by atoms with van der Waals surface area (Å²) in [7, 11) is 0. The highest BCUT2D eigenvalue weighted by molar-refractivity contribution is 7.22. The standard InChI is InChI=1S/C51H57ClN4O10S2/c1-31(33-6-8-34(9-7-33)46-32(2)53-30-67-46)54-49(60)42-26-38(58)28-56(42)50(61)48(51(3,4)5)55-44(59)29-64-23-22-62-20-21-63-24-25-65-39-15-17-40(18-16-39)66-45-41-19-14-37(57)27-43(41)68-47(45)35-10-12-36(52)13-11-35/h6-19,27,30-31,38,42,48,57-58H,20-26,28-29H2,1-5H3,(H,54,60)(H,55,59)/t31-,38+,42-,48?/m0/s1. The van der Waals surface area contributed by atoms with Crippen LogP contribution in [-0.2, 0) is 28.6 Å². The molecular weight excluding hydrogens is 928 g/mol. The zero-order valence-electron chi connectivity index (χ0n) is 38.7. The number of phenols is 1. The molecule has 4 N–H and O–H groups in total. The van der Waals surface area contributed by atoms with Crippen LogP contribution in [0.15, 0.2) is 96.5 Å². The molecule has 1 aliphatic heterocycles. The number of aromatic hydroxyl groups is 1. The number of nitrogens with one attached hydrogen (secondary N) is 2. The lowest BCUT2D eigenvalue weighted by molar-refractivity contribution is -0.144. The largest absolute Gasteiger partial charge is 0.508 e. The van der Waals surface area contributed by atoms with Gasteiger partial charge in [-0.25, -0.2) is 4.98 Å². The summed E-state index contributed by atoms with van der Waals surface area (Å²) in [6.07, 6.45) is -0.797. The van der Waals surface area contributed by atoms with Crippen molar-refractivity contribution in [3.05, 3.63) is 113 Å². The van der Waals surface area contributed by atoms with Gasteiger partial charge in [-0.1, -0.05) is 68.8 Å². The lowest BCUT2D eigenvalue weighted by atomic mass is 9.85. The van der Waals surface area contributed by atoms with Crippen molar-refractivity contribution >= 4 is 62.1 Å². The number of thiophene rings is 1. The number of hydrogen-bond donors (Lipinski definition) is 4. The Bertz CT molecular complexity index is 2630. The third-order valence-electron chi connectivity index (χ3n) is 11.3. The minimum atomic E-state index is -0.977. The number of thiazole rings is 1. The minimum absolute atomic E-state index is 0.0255. The molecule has 3 amide bonds. The third-order valence-corrected chi connectivity index (χ3v) is 13.7.